The van der Waals surface area contributed by atoms with E-state index in [4.69, 9.17) is 4.98 Å². The minimum absolute atomic E-state index is 0.140. The molecule has 2 heteroatoms. The van der Waals surface area contributed by atoms with E-state index in [2.05, 4.69) is 25.1 Å². The first kappa shape index (κ1) is 12.8. The van der Waals surface area contributed by atoms with Crippen molar-refractivity contribution in [3.8, 4) is 11.3 Å². The van der Waals surface area contributed by atoms with Crippen molar-refractivity contribution in [3.63, 3.8) is 0 Å². The first-order valence-corrected chi connectivity index (χ1v) is 6.86. The van der Waals surface area contributed by atoms with Crippen LogP contribution in [0.3, 0.4) is 0 Å². The number of benzene rings is 2. The van der Waals surface area contributed by atoms with Gasteiger partial charge in [-0.05, 0) is 30.5 Å². The number of aryl methyl sites for hydroxylation is 1. The molecule has 0 amide bonds. The van der Waals surface area contributed by atoms with E-state index in [1.54, 1.807) is 0 Å². The van der Waals surface area contributed by atoms with Gasteiger partial charge in [-0.25, -0.2) is 4.98 Å². The Kier molecular flexibility index (Phi) is 3.48. The van der Waals surface area contributed by atoms with E-state index < -0.39 is 0 Å². The SMILES string of the molecule is Cc1c(CCO)c(-c2ccccc2)nc2ccccc12. The standard InChI is InChI=1S/C18H17NO/c1-13-15-9-5-6-10-17(15)19-18(16(13)11-12-20)14-7-3-2-4-8-14/h2-10,20H,11-12H2,1H3. The van der Waals surface area contributed by atoms with Crippen LogP contribution in [0.5, 0.6) is 0 Å². The van der Waals surface area contributed by atoms with Gasteiger partial charge in [0.15, 0.2) is 0 Å². The van der Waals surface area contributed by atoms with E-state index in [-0.39, 0.29) is 6.61 Å². The van der Waals surface area contributed by atoms with Gasteiger partial charge in [-0.1, -0.05) is 48.5 Å². The molecule has 3 rings (SSSR count). The molecule has 0 bridgehead atoms. The Bertz CT molecular complexity index is 735. The van der Waals surface area contributed by atoms with Crippen LogP contribution >= 0.6 is 0 Å². The lowest BCUT2D eigenvalue weighted by Gasteiger charge is -2.14. The second-order valence-electron chi connectivity index (χ2n) is 4.92. The highest BCUT2D eigenvalue weighted by Crippen LogP contribution is 2.29. The fourth-order valence-corrected chi connectivity index (χ4v) is 2.67. The van der Waals surface area contributed by atoms with Crippen LogP contribution in [0.15, 0.2) is 54.6 Å². The van der Waals surface area contributed by atoms with Gasteiger partial charge in [0.25, 0.3) is 0 Å². The summed E-state index contributed by atoms with van der Waals surface area (Å²) in [4.78, 5) is 4.81. The predicted octanol–water partition coefficient (Wildman–Crippen LogP) is 3.75. The van der Waals surface area contributed by atoms with Crippen molar-refractivity contribution in [2.24, 2.45) is 0 Å². The number of para-hydroxylation sites is 1. The third-order valence-electron chi connectivity index (χ3n) is 3.69. The van der Waals surface area contributed by atoms with E-state index in [0.717, 1.165) is 27.7 Å². The molecule has 3 aromatic rings. The van der Waals surface area contributed by atoms with Crippen LogP contribution < -0.4 is 0 Å². The molecule has 0 atom stereocenters. The number of aromatic nitrogens is 1. The first-order valence-electron chi connectivity index (χ1n) is 6.86. The van der Waals surface area contributed by atoms with Crippen molar-refractivity contribution >= 4 is 10.9 Å². The normalized spacial score (nSPS) is 10.9. The number of fused-ring (bicyclic) bond motifs is 1. The zero-order valence-electron chi connectivity index (χ0n) is 11.5. The number of hydrogen-bond acceptors (Lipinski definition) is 2. The third kappa shape index (κ3) is 2.19. The van der Waals surface area contributed by atoms with E-state index in [0.29, 0.717) is 6.42 Å². The number of aliphatic hydroxyl groups excluding tert-OH is 1. The number of pyridine rings is 1. The molecule has 0 saturated carbocycles. The molecule has 1 aromatic heterocycles. The topological polar surface area (TPSA) is 33.1 Å². The molecule has 100 valence electrons. The van der Waals surface area contributed by atoms with Crippen LogP contribution in [0.1, 0.15) is 11.1 Å². The van der Waals surface area contributed by atoms with E-state index >= 15 is 0 Å². The Morgan fingerprint density at radius 2 is 1.65 bits per heavy atom. The molecule has 1 N–H and O–H groups in total. The molecule has 0 fully saturated rings. The van der Waals surface area contributed by atoms with E-state index in [9.17, 15) is 5.11 Å². The summed E-state index contributed by atoms with van der Waals surface area (Å²) in [6.07, 6.45) is 0.633. The van der Waals surface area contributed by atoms with E-state index in [1.807, 2.05) is 36.4 Å². The van der Waals surface area contributed by atoms with Crippen LogP contribution in [-0.4, -0.2) is 16.7 Å². The van der Waals surface area contributed by atoms with Gasteiger partial charge >= 0.3 is 0 Å². The second kappa shape index (κ2) is 5.43. The zero-order valence-corrected chi connectivity index (χ0v) is 11.5. The number of hydrogen-bond donors (Lipinski definition) is 1. The largest absolute Gasteiger partial charge is 0.396 e. The minimum atomic E-state index is 0.140. The van der Waals surface area contributed by atoms with Crippen LogP contribution in [-0.2, 0) is 6.42 Å². The van der Waals surface area contributed by atoms with Crippen molar-refractivity contribution < 1.29 is 5.11 Å². The summed E-state index contributed by atoms with van der Waals surface area (Å²) in [5.41, 5.74) is 5.44. The summed E-state index contributed by atoms with van der Waals surface area (Å²) in [6, 6.07) is 18.3. The fraction of sp³-hybridized carbons (Fsp3) is 0.167. The van der Waals surface area contributed by atoms with Gasteiger partial charge in [0.05, 0.1) is 11.2 Å². The average Bonchev–Trinajstić information content (AvgIpc) is 2.51. The minimum Gasteiger partial charge on any atom is -0.396 e. The molecule has 1 heterocycles. The lowest BCUT2D eigenvalue weighted by molar-refractivity contribution is 0.299. The molecular weight excluding hydrogens is 246 g/mol. The fourth-order valence-electron chi connectivity index (χ4n) is 2.67. The van der Waals surface area contributed by atoms with Crippen LogP contribution in [0.2, 0.25) is 0 Å². The monoisotopic (exact) mass is 263 g/mol. The molecule has 0 spiro atoms. The summed E-state index contributed by atoms with van der Waals surface area (Å²) in [7, 11) is 0. The van der Waals surface area contributed by atoms with Crippen molar-refractivity contribution in [1.29, 1.82) is 0 Å². The van der Waals surface area contributed by atoms with Crippen LogP contribution in [0.4, 0.5) is 0 Å². The quantitative estimate of drug-likeness (QED) is 0.780. The molecule has 0 aliphatic carbocycles. The summed E-state index contributed by atoms with van der Waals surface area (Å²) in [5.74, 6) is 0. The molecule has 2 nitrogen and oxygen atoms in total. The molecular formula is C18H17NO. The maximum atomic E-state index is 9.36. The maximum absolute atomic E-state index is 9.36. The highest BCUT2D eigenvalue weighted by molar-refractivity contribution is 5.87. The maximum Gasteiger partial charge on any atom is 0.0745 e. The Hall–Kier alpha value is -2.19. The van der Waals surface area contributed by atoms with Crippen molar-refractivity contribution in [2.75, 3.05) is 6.61 Å². The van der Waals surface area contributed by atoms with Crippen LogP contribution in [0.25, 0.3) is 22.2 Å². The molecule has 0 aliphatic rings. The Morgan fingerprint density at radius 1 is 0.950 bits per heavy atom. The second-order valence-corrected chi connectivity index (χ2v) is 4.92. The summed E-state index contributed by atoms with van der Waals surface area (Å²) < 4.78 is 0. The zero-order chi connectivity index (χ0) is 13.9. The average molecular weight is 263 g/mol. The van der Waals surface area contributed by atoms with Gasteiger partial charge in [0, 0.05) is 17.6 Å². The molecule has 0 unspecified atom stereocenters. The molecule has 0 saturated heterocycles. The predicted molar refractivity (Wildman–Crippen MR) is 82.7 cm³/mol. The Balaban J connectivity index is 2.32. The highest BCUT2D eigenvalue weighted by atomic mass is 16.2. The lowest BCUT2D eigenvalue weighted by atomic mass is 9.96. The summed E-state index contributed by atoms with van der Waals surface area (Å²) in [5, 5.41) is 10.5. The Labute approximate surface area is 118 Å². The molecule has 20 heavy (non-hydrogen) atoms. The third-order valence-corrected chi connectivity index (χ3v) is 3.69. The van der Waals surface area contributed by atoms with Gasteiger partial charge in [0.2, 0.25) is 0 Å². The van der Waals surface area contributed by atoms with Crippen molar-refractivity contribution in [2.45, 2.75) is 13.3 Å². The smallest absolute Gasteiger partial charge is 0.0745 e. The number of aliphatic hydroxyl groups is 1. The van der Waals surface area contributed by atoms with Gasteiger partial charge in [-0.2, -0.15) is 0 Å². The molecule has 2 aromatic carbocycles. The van der Waals surface area contributed by atoms with E-state index in [1.165, 1.54) is 5.56 Å². The Morgan fingerprint density at radius 3 is 2.40 bits per heavy atom. The molecule has 0 radical (unpaired) electrons. The summed E-state index contributed by atoms with van der Waals surface area (Å²) in [6.45, 7) is 2.25. The van der Waals surface area contributed by atoms with Gasteiger partial charge in [-0.3, -0.25) is 0 Å². The highest BCUT2D eigenvalue weighted by Gasteiger charge is 2.12. The van der Waals surface area contributed by atoms with Gasteiger partial charge < -0.3 is 5.11 Å². The number of nitrogens with zero attached hydrogens (tertiary/aromatic N) is 1. The van der Waals surface area contributed by atoms with Crippen LogP contribution in [0, 0.1) is 6.92 Å². The first-order chi connectivity index (χ1) is 9.81. The summed E-state index contributed by atoms with van der Waals surface area (Å²) >= 11 is 0. The number of rotatable bonds is 3. The van der Waals surface area contributed by atoms with Gasteiger partial charge in [0.1, 0.15) is 0 Å². The molecule has 0 aliphatic heterocycles. The lowest BCUT2D eigenvalue weighted by Crippen LogP contribution is -2.01. The van der Waals surface area contributed by atoms with Crippen molar-refractivity contribution in [1.82, 2.24) is 4.98 Å². The van der Waals surface area contributed by atoms with Crippen molar-refractivity contribution in [3.05, 3.63) is 65.7 Å². The van der Waals surface area contributed by atoms with Gasteiger partial charge in [-0.15, -0.1) is 0 Å².